The van der Waals surface area contributed by atoms with Gasteiger partial charge in [-0.05, 0) is 35.7 Å². The number of para-hydroxylation sites is 2. The summed E-state index contributed by atoms with van der Waals surface area (Å²) in [6, 6.07) is 15.3. The Morgan fingerprint density at radius 2 is 2.06 bits per heavy atom. The number of anilines is 2. The van der Waals surface area contributed by atoms with Gasteiger partial charge in [0.25, 0.3) is 0 Å². The van der Waals surface area contributed by atoms with Gasteiger partial charge >= 0.3 is 0 Å². The molecule has 3 aromatic rings. The minimum atomic E-state index is -0.413. The third-order valence-electron chi connectivity index (χ3n) is 5.66. The van der Waals surface area contributed by atoms with E-state index in [1.54, 1.807) is 17.4 Å². The number of carbonyl (C=O) groups excluding carboxylic acids is 2. The molecule has 1 atom stereocenters. The summed E-state index contributed by atoms with van der Waals surface area (Å²) in [6.07, 6.45) is 5.52. The van der Waals surface area contributed by atoms with Crippen molar-refractivity contribution in [2.75, 3.05) is 23.4 Å². The minimum absolute atomic E-state index is 0.0316. The number of hydrogen-bond acceptors (Lipinski definition) is 4. The lowest BCUT2D eigenvalue weighted by Gasteiger charge is -2.19. The van der Waals surface area contributed by atoms with Crippen LogP contribution in [0.4, 0.5) is 11.4 Å². The lowest BCUT2D eigenvalue weighted by Crippen LogP contribution is -2.28. The van der Waals surface area contributed by atoms with Crippen LogP contribution in [0, 0.1) is 5.92 Å². The molecule has 0 saturated carbocycles. The average molecular weight is 433 g/mol. The summed E-state index contributed by atoms with van der Waals surface area (Å²) in [4.78, 5) is 31.4. The maximum atomic E-state index is 13.0. The van der Waals surface area contributed by atoms with E-state index in [4.69, 9.17) is 4.74 Å². The highest BCUT2D eigenvalue weighted by Crippen LogP contribution is 2.30. The van der Waals surface area contributed by atoms with Crippen molar-refractivity contribution in [3.63, 3.8) is 0 Å². The number of nitrogens with one attached hydrogen (secondary N) is 1. The molecule has 1 aromatic heterocycles. The zero-order valence-electron chi connectivity index (χ0n) is 18.4. The second-order valence-corrected chi connectivity index (χ2v) is 8.29. The molecule has 7 heteroatoms. The van der Waals surface area contributed by atoms with Crippen LogP contribution in [0.1, 0.15) is 31.7 Å². The summed E-state index contributed by atoms with van der Waals surface area (Å²) in [7, 11) is 0. The van der Waals surface area contributed by atoms with Crippen LogP contribution in [0.5, 0.6) is 5.75 Å². The highest BCUT2D eigenvalue weighted by molar-refractivity contribution is 6.04. The molecule has 2 amide bonds. The van der Waals surface area contributed by atoms with E-state index in [0.717, 1.165) is 5.69 Å². The van der Waals surface area contributed by atoms with Crippen LogP contribution in [0.3, 0.4) is 0 Å². The van der Waals surface area contributed by atoms with Crippen molar-refractivity contribution in [2.24, 2.45) is 5.92 Å². The molecule has 1 saturated heterocycles. The number of aromatic nitrogens is 2. The van der Waals surface area contributed by atoms with Crippen LogP contribution in [0.15, 0.2) is 67.3 Å². The van der Waals surface area contributed by atoms with E-state index in [1.165, 1.54) is 5.56 Å². The first-order valence-corrected chi connectivity index (χ1v) is 10.9. The van der Waals surface area contributed by atoms with Crippen molar-refractivity contribution in [3.05, 3.63) is 72.8 Å². The van der Waals surface area contributed by atoms with Gasteiger partial charge in [0, 0.05) is 31.0 Å². The van der Waals surface area contributed by atoms with Gasteiger partial charge in [-0.2, -0.15) is 0 Å². The number of ether oxygens (including phenoxy) is 1. The van der Waals surface area contributed by atoms with Crippen LogP contribution in [0.25, 0.3) is 0 Å². The van der Waals surface area contributed by atoms with Crippen LogP contribution in [-0.4, -0.2) is 34.5 Å². The predicted octanol–water partition coefficient (Wildman–Crippen LogP) is 4.08. The van der Waals surface area contributed by atoms with E-state index < -0.39 is 5.92 Å². The Hall–Kier alpha value is -3.61. The molecule has 0 radical (unpaired) electrons. The Labute approximate surface area is 188 Å². The van der Waals surface area contributed by atoms with Crippen molar-refractivity contribution < 1.29 is 14.3 Å². The van der Waals surface area contributed by atoms with Gasteiger partial charge in [0.15, 0.2) is 0 Å². The van der Waals surface area contributed by atoms with Crippen molar-refractivity contribution in [3.8, 4) is 5.75 Å². The zero-order valence-corrected chi connectivity index (χ0v) is 18.4. The number of nitrogens with zero attached hydrogens (tertiary/aromatic N) is 3. The first-order chi connectivity index (χ1) is 15.5. The predicted molar refractivity (Wildman–Crippen MR) is 124 cm³/mol. The molecule has 0 spiro atoms. The third-order valence-corrected chi connectivity index (χ3v) is 5.66. The number of hydrogen-bond donors (Lipinski definition) is 1. The van der Waals surface area contributed by atoms with Gasteiger partial charge in [-0.3, -0.25) is 9.59 Å². The summed E-state index contributed by atoms with van der Waals surface area (Å²) >= 11 is 0. The molecule has 2 heterocycles. The number of amides is 2. The monoisotopic (exact) mass is 432 g/mol. The second kappa shape index (κ2) is 9.68. The smallest absolute Gasteiger partial charge is 0.229 e. The molecule has 7 nitrogen and oxygen atoms in total. The maximum Gasteiger partial charge on any atom is 0.229 e. The molecular weight excluding hydrogens is 404 g/mol. The fraction of sp³-hybridized carbons (Fsp3) is 0.320. The summed E-state index contributed by atoms with van der Waals surface area (Å²) in [5.41, 5.74) is 2.63. The van der Waals surface area contributed by atoms with Crippen molar-refractivity contribution in [2.45, 2.75) is 32.7 Å². The van der Waals surface area contributed by atoms with Crippen LogP contribution >= 0.6 is 0 Å². The molecule has 1 aliphatic rings. The quantitative estimate of drug-likeness (QED) is 0.582. The molecule has 0 aliphatic carbocycles. The molecule has 1 N–H and O–H groups in total. The topological polar surface area (TPSA) is 76.5 Å². The fourth-order valence-corrected chi connectivity index (χ4v) is 3.80. The summed E-state index contributed by atoms with van der Waals surface area (Å²) in [5.74, 6) is 0.357. The highest BCUT2D eigenvalue weighted by Gasteiger charge is 2.35. The number of imidazole rings is 1. The molecule has 32 heavy (non-hydrogen) atoms. The summed E-state index contributed by atoms with van der Waals surface area (Å²) in [5, 5.41) is 2.96. The van der Waals surface area contributed by atoms with Gasteiger partial charge in [-0.25, -0.2) is 4.98 Å². The largest absolute Gasteiger partial charge is 0.490 e. The van der Waals surface area contributed by atoms with E-state index in [9.17, 15) is 9.59 Å². The molecule has 166 valence electrons. The SMILES string of the molecule is CC(C)c1cccc(N2CC(C(=O)Nc3ccccc3OCCn3ccnc3)CC2=O)c1. The lowest BCUT2D eigenvalue weighted by molar-refractivity contribution is -0.122. The normalized spacial score (nSPS) is 15.9. The molecule has 2 aromatic carbocycles. The van der Waals surface area contributed by atoms with Crippen molar-refractivity contribution >= 4 is 23.2 Å². The maximum absolute atomic E-state index is 13.0. The first-order valence-electron chi connectivity index (χ1n) is 10.9. The number of carbonyl (C=O) groups is 2. The van der Waals surface area contributed by atoms with Crippen molar-refractivity contribution in [1.82, 2.24) is 9.55 Å². The van der Waals surface area contributed by atoms with E-state index in [0.29, 0.717) is 37.1 Å². The Morgan fingerprint density at radius 1 is 1.22 bits per heavy atom. The van der Waals surface area contributed by atoms with Gasteiger partial charge in [-0.1, -0.05) is 38.1 Å². The molecule has 4 rings (SSSR count). The zero-order chi connectivity index (χ0) is 22.5. The minimum Gasteiger partial charge on any atom is -0.490 e. The van der Waals surface area contributed by atoms with Crippen LogP contribution < -0.4 is 15.0 Å². The Kier molecular flexibility index (Phi) is 6.54. The summed E-state index contributed by atoms with van der Waals surface area (Å²) < 4.78 is 7.81. The van der Waals surface area contributed by atoms with Crippen LogP contribution in [-0.2, 0) is 16.1 Å². The van der Waals surface area contributed by atoms with Gasteiger partial charge in [0.05, 0.1) is 24.5 Å². The van der Waals surface area contributed by atoms with E-state index in [1.807, 2.05) is 53.2 Å². The van der Waals surface area contributed by atoms with Gasteiger partial charge in [0.1, 0.15) is 12.4 Å². The van der Waals surface area contributed by atoms with Gasteiger partial charge in [0.2, 0.25) is 11.8 Å². The lowest BCUT2D eigenvalue weighted by atomic mass is 10.0. The van der Waals surface area contributed by atoms with E-state index in [2.05, 4.69) is 30.2 Å². The van der Waals surface area contributed by atoms with Crippen LogP contribution in [0.2, 0.25) is 0 Å². The second-order valence-electron chi connectivity index (χ2n) is 8.29. The van der Waals surface area contributed by atoms with E-state index >= 15 is 0 Å². The Bertz CT molecular complexity index is 1080. The molecular formula is C25H28N4O3. The number of benzene rings is 2. The molecule has 0 bridgehead atoms. The Balaban J connectivity index is 1.39. The van der Waals surface area contributed by atoms with Gasteiger partial charge in [-0.15, -0.1) is 0 Å². The van der Waals surface area contributed by atoms with Gasteiger partial charge < -0.3 is 19.5 Å². The molecule has 1 unspecified atom stereocenters. The van der Waals surface area contributed by atoms with Crippen molar-refractivity contribution in [1.29, 1.82) is 0 Å². The fourth-order valence-electron chi connectivity index (χ4n) is 3.80. The highest BCUT2D eigenvalue weighted by atomic mass is 16.5. The first kappa shape index (κ1) is 21.6. The number of rotatable bonds is 8. The third kappa shape index (κ3) is 4.99. The Morgan fingerprint density at radius 3 is 2.84 bits per heavy atom. The molecule has 1 fully saturated rings. The standard InChI is InChI=1S/C25H28N4O3/c1-18(2)19-6-5-7-21(14-19)29-16-20(15-24(29)30)25(31)27-22-8-3-4-9-23(22)32-13-12-28-11-10-26-17-28/h3-11,14,17-18,20H,12-13,15-16H2,1-2H3,(H,27,31). The van der Waals surface area contributed by atoms with E-state index in [-0.39, 0.29) is 18.2 Å². The molecule has 1 aliphatic heterocycles. The summed E-state index contributed by atoms with van der Waals surface area (Å²) in [6.45, 7) is 5.72. The average Bonchev–Trinajstić information content (AvgIpc) is 3.45.